The topological polar surface area (TPSA) is 52.6 Å². The molecule has 170 valence electrons. The van der Waals surface area contributed by atoms with Gasteiger partial charge in [-0.1, -0.05) is 38.3 Å². The van der Waals surface area contributed by atoms with Gasteiger partial charge in [0.25, 0.3) is 0 Å². The molecule has 2 aliphatic rings. The van der Waals surface area contributed by atoms with Crippen LogP contribution in [-0.2, 0) is 4.74 Å². The number of hydrogen-bond acceptors (Lipinski definition) is 4. The molecule has 0 unspecified atom stereocenters. The van der Waals surface area contributed by atoms with Crippen molar-refractivity contribution in [3.63, 3.8) is 0 Å². The predicted octanol–water partition coefficient (Wildman–Crippen LogP) is 6.59. The van der Waals surface area contributed by atoms with Crippen molar-refractivity contribution in [1.29, 1.82) is 0 Å². The van der Waals surface area contributed by atoms with E-state index in [9.17, 15) is 14.0 Å². The minimum absolute atomic E-state index is 0.0231. The van der Waals surface area contributed by atoms with Crippen LogP contribution in [0.4, 0.5) is 4.39 Å². The Labute approximate surface area is 189 Å². The molecular weight excluding hydrogens is 407 g/mol. The van der Waals surface area contributed by atoms with Gasteiger partial charge in [0.05, 0.1) is 11.1 Å². The van der Waals surface area contributed by atoms with Crippen molar-refractivity contribution in [2.75, 3.05) is 0 Å². The largest absolute Gasteiger partial charge is 0.459 e. The molecule has 2 aliphatic carbocycles. The highest BCUT2D eigenvalue weighted by Crippen LogP contribution is 2.44. The molecule has 0 radical (unpaired) electrons. The number of hydrogen-bond donors (Lipinski definition) is 0. The van der Waals surface area contributed by atoms with E-state index in [1.807, 2.05) is 0 Å². The molecule has 2 aromatic rings. The van der Waals surface area contributed by atoms with Gasteiger partial charge in [0.15, 0.2) is 0 Å². The van der Waals surface area contributed by atoms with Gasteiger partial charge >= 0.3 is 11.9 Å². The molecule has 4 atom stereocenters. The number of benzene rings is 2. The summed E-state index contributed by atoms with van der Waals surface area (Å²) in [5.74, 6) is 0.842. The fourth-order valence-corrected chi connectivity index (χ4v) is 5.39. The molecule has 5 heteroatoms. The van der Waals surface area contributed by atoms with Crippen molar-refractivity contribution < 1.29 is 23.5 Å². The maximum atomic E-state index is 13.7. The summed E-state index contributed by atoms with van der Waals surface area (Å²) < 4.78 is 24.8. The Hall–Kier alpha value is -2.69. The summed E-state index contributed by atoms with van der Waals surface area (Å²) in [5, 5.41) is 0. The Bertz CT molecular complexity index is 939. The van der Waals surface area contributed by atoms with Crippen LogP contribution in [0.3, 0.4) is 0 Å². The molecule has 0 N–H and O–H groups in total. The highest BCUT2D eigenvalue weighted by Gasteiger charge is 2.36. The van der Waals surface area contributed by atoms with Crippen LogP contribution in [0, 0.1) is 23.6 Å². The Morgan fingerprint density at radius 1 is 0.906 bits per heavy atom. The van der Waals surface area contributed by atoms with Crippen LogP contribution in [0.25, 0.3) is 0 Å². The molecule has 32 heavy (non-hydrogen) atoms. The van der Waals surface area contributed by atoms with Gasteiger partial charge in [0.1, 0.15) is 17.7 Å². The van der Waals surface area contributed by atoms with Gasteiger partial charge in [-0.3, -0.25) is 0 Å². The van der Waals surface area contributed by atoms with Crippen LogP contribution in [0.1, 0.15) is 79.0 Å². The molecule has 0 aromatic heterocycles. The molecular formula is C27H31FO4. The first kappa shape index (κ1) is 22.5. The Balaban J connectivity index is 1.29. The highest BCUT2D eigenvalue weighted by atomic mass is 19.1. The lowest BCUT2D eigenvalue weighted by Gasteiger charge is -2.41. The fourth-order valence-electron chi connectivity index (χ4n) is 5.39. The van der Waals surface area contributed by atoms with Crippen molar-refractivity contribution in [2.24, 2.45) is 17.8 Å². The van der Waals surface area contributed by atoms with E-state index in [4.69, 9.17) is 9.47 Å². The van der Waals surface area contributed by atoms with Crippen LogP contribution >= 0.6 is 0 Å². The Kier molecular flexibility index (Phi) is 7.23. The van der Waals surface area contributed by atoms with Crippen molar-refractivity contribution >= 4 is 11.9 Å². The van der Waals surface area contributed by atoms with Gasteiger partial charge in [-0.05, 0) is 86.3 Å². The summed E-state index contributed by atoms with van der Waals surface area (Å²) in [5.41, 5.74) is 0.291. The van der Waals surface area contributed by atoms with Gasteiger partial charge in [0.2, 0.25) is 0 Å². The minimum Gasteiger partial charge on any atom is -0.459 e. The van der Waals surface area contributed by atoms with E-state index >= 15 is 0 Å². The summed E-state index contributed by atoms with van der Waals surface area (Å²) >= 11 is 0. The summed E-state index contributed by atoms with van der Waals surface area (Å²) in [6, 6.07) is 11.9. The highest BCUT2D eigenvalue weighted by molar-refractivity contribution is 5.92. The minimum atomic E-state index is -0.774. The van der Waals surface area contributed by atoms with Crippen molar-refractivity contribution in [2.45, 2.75) is 64.4 Å². The van der Waals surface area contributed by atoms with E-state index < -0.39 is 11.8 Å². The smallest absolute Gasteiger partial charge is 0.346 e. The average Bonchev–Trinajstić information content (AvgIpc) is 2.80. The second-order valence-corrected chi connectivity index (χ2v) is 9.22. The molecule has 0 bridgehead atoms. The Morgan fingerprint density at radius 2 is 1.62 bits per heavy atom. The number of halogens is 1. The van der Waals surface area contributed by atoms with E-state index in [1.54, 1.807) is 18.2 Å². The first-order chi connectivity index (χ1) is 15.5. The quantitative estimate of drug-likeness (QED) is 0.377. The molecule has 0 aliphatic heterocycles. The first-order valence-electron chi connectivity index (χ1n) is 11.8. The third-order valence-electron chi connectivity index (χ3n) is 7.04. The zero-order valence-electron chi connectivity index (χ0n) is 18.6. The van der Waals surface area contributed by atoms with Crippen molar-refractivity contribution in [1.82, 2.24) is 0 Å². The number of carbonyl (C=O) groups is 2. The standard InChI is InChI=1S/C27H31FO4/c1-2-5-18-8-9-21-17-23(15-12-20(21)16-18)32-26(29)19-10-13-22(14-11-19)31-27(30)24-6-3-4-7-25(24)28/h3-4,6-7,10-11,13-14,18,20-21,23H,2,5,8-9,12,15-17H2,1H3/t18-,20+,21-,23+/m0/s1. The third-order valence-corrected chi connectivity index (χ3v) is 7.04. The molecule has 0 spiro atoms. The number of esters is 2. The van der Waals surface area contributed by atoms with Crippen LogP contribution in [-0.4, -0.2) is 18.0 Å². The van der Waals surface area contributed by atoms with Crippen LogP contribution in [0.2, 0.25) is 0 Å². The lowest BCUT2D eigenvalue weighted by atomic mass is 9.66. The van der Waals surface area contributed by atoms with Gasteiger partial charge in [-0.2, -0.15) is 0 Å². The summed E-state index contributed by atoms with van der Waals surface area (Å²) in [4.78, 5) is 24.8. The predicted molar refractivity (Wildman–Crippen MR) is 120 cm³/mol. The molecule has 4 rings (SSSR count). The van der Waals surface area contributed by atoms with Crippen LogP contribution in [0.15, 0.2) is 48.5 Å². The fraction of sp³-hybridized carbons (Fsp3) is 0.481. The lowest BCUT2D eigenvalue weighted by molar-refractivity contribution is -0.00620. The lowest BCUT2D eigenvalue weighted by Crippen LogP contribution is -2.35. The van der Waals surface area contributed by atoms with Crippen molar-refractivity contribution in [3.05, 3.63) is 65.5 Å². The first-order valence-corrected chi connectivity index (χ1v) is 11.8. The number of rotatable bonds is 6. The van der Waals surface area contributed by atoms with E-state index in [0.717, 1.165) is 31.1 Å². The Morgan fingerprint density at radius 3 is 2.38 bits per heavy atom. The van der Waals surface area contributed by atoms with Gasteiger partial charge < -0.3 is 9.47 Å². The molecule has 2 aromatic carbocycles. The maximum absolute atomic E-state index is 13.7. The molecule has 0 amide bonds. The van der Waals surface area contributed by atoms with Crippen LogP contribution in [0.5, 0.6) is 5.75 Å². The summed E-state index contributed by atoms with van der Waals surface area (Å²) in [7, 11) is 0. The van der Waals surface area contributed by atoms with Gasteiger partial charge in [-0.15, -0.1) is 0 Å². The zero-order chi connectivity index (χ0) is 22.5. The third kappa shape index (κ3) is 5.37. The van der Waals surface area contributed by atoms with E-state index in [0.29, 0.717) is 11.5 Å². The van der Waals surface area contributed by atoms with E-state index in [2.05, 4.69) is 6.92 Å². The monoisotopic (exact) mass is 438 g/mol. The zero-order valence-corrected chi connectivity index (χ0v) is 18.6. The number of ether oxygens (including phenoxy) is 2. The SMILES string of the molecule is CCC[C@H]1CC[C@H]2C[C@H](OC(=O)c3ccc(OC(=O)c4ccccc4F)cc3)CC[C@@H]2C1. The summed E-state index contributed by atoms with van der Waals surface area (Å²) in [6.07, 6.45) is 9.53. The normalized spacial score (nSPS) is 24.9. The van der Waals surface area contributed by atoms with Crippen molar-refractivity contribution in [3.8, 4) is 5.75 Å². The molecule has 2 saturated carbocycles. The van der Waals surface area contributed by atoms with E-state index in [1.165, 1.54) is 62.4 Å². The van der Waals surface area contributed by atoms with Gasteiger partial charge in [-0.25, -0.2) is 14.0 Å². The second-order valence-electron chi connectivity index (χ2n) is 9.22. The molecule has 4 nitrogen and oxygen atoms in total. The molecule has 0 saturated heterocycles. The number of carbonyl (C=O) groups excluding carboxylic acids is 2. The average molecular weight is 439 g/mol. The molecule has 2 fully saturated rings. The second kappa shape index (κ2) is 10.3. The molecule has 0 heterocycles. The maximum Gasteiger partial charge on any atom is 0.346 e. The van der Waals surface area contributed by atoms with E-state index in [-0.39, 0.29) is 23.4 Å². The summed E-state index contributed by atoms with van der Waals surface area (Å²) in [6.45, 7) is 2.27. The van der Waals surface area contributed by atoms with Crippen LogP contribution < -0.4 is 4.74 Å². The van der Waals surface area contributed by atoms with Gasteiger partial charge in [0, 0.05) is 0 Å². The number of fused-ring (bicyclic) bond motifs is 1.